The molecule has 0 heterocycles. The van der Waals surface area contributed by atoms with Gasteiger partial charge < -0.3 is 15.5 Å². The fourth-order valence-corrected chi connectivity index (χ4v) is 0. The first-order chi connectivity index (χ1) is 2.83. The number of hydrogen-bond donors (Lipinski definition) is 3. The SMILES string of the molecule is CCS.O.OBO.[NaH]. The predicted molar refractivity (Wildman–Crippen MR) is 41.9 cm³/mol. The van der Waals surface area contributed by atoms with Crippen molar-refractivity contribution in [3.05, 3.63) is 0 Å². The first-order valence-corrected chi connectivity index (χ1v) is 2.29. The van der Waals surface area contributed by atoms with E-state index in [1.165, 1.54) is 0 Å². The summed E-state index contributed by atoms with van der Waals surface area (Å²) in [5.41, 5.74) is 0. The van der Waals surface area contributed by atoms with E-state index in [0.29, 0.717) is 0 Å². The van der Waals surface area contributed by atoms with Gasteiger partial charge in [0.15, 0.2) is 0 Å². The molecule has 0 radical (unpaired) electrons. The van der Waals surface area contributed by atoms with E-state index in [0.717, 1.165) is 5.75 Å². The quantitative estimate of drug-likeness (QED) is 0.268. The fraction of sp³-hybridized carbons (Fsp3) is 1.00. The van der Waals surface area contributed by atoms with Crippen LogP contribution in [0, 0.1) is 0 Å². The van der Waals surface area contributed by atoms with Crippen molar-refractivity contribution < 1.29 is 15.5 Å². The number of thiol groups is 1. The predicted octanol–water partition coefficient (Wildman–Crippen LogP) is -2.30. The van der Waals surface area contributed by atoms with Crippen molar-refractivity contribution >= 4 is 49.9 Å². The molecule has 0 aromatic heterocycles. The second kappa shape index (κ2) is 40.7. The average Bonchev–Trinajstić information content (AvgIpc) is 1.39. The Bertz CT molecular complexity index is 19.2. The van der Waals surface area contributed by atoms with E-state index in [9.17, 15) is 0 Å². The van der Waals surface area contributed by atoms with Gasteiger partial charge in [0.1, 0.15) is 0 Å². The summed E-state index contributed by atoms with van der Waals surface area (Å²) in [4.78, 5) is 0. The van der Waals surface area contributed by atoms with Gasteiger partial charge in [0.25, 0.3) is 0 Å². The Morgan fingerprint density at radius 3 is 1.50 bits per heavy atom. The van der Waals surface area contributed by atoms with Crippen LogP contribution < -0.4 is 0 Å². The van der Waals surface area contributed by atoms with Crippen molar-refractivity contribution in [3.63, 3.8) is 0 Å². The van der Waals surface area contributed by atoms with Crippen molar-refractivity contribution in [1.82, 2.24) is 0 Å². The molecule has 4 N–H and O–H groups in total. The molecule has 48 valence electrons. The van der Waals surface area contributed by atoms with Crippen molar-refractivity contribution in [1.29, 1.82) is 0 Å². The summed E-state index contributed by atoms with van der Waals surface area (Å²) in [6.07, 6.45) is 0. The third-order valence-electron chi connectivity index (χ3n) is 0. The summed E-state index contributed by atoms with van der Waals surface area (Å²) in [6, 6.07) is 0. The molecule has 0 amide bonds. The van der Waals surface area contributed by atoms with Gasteiger partial charge in [0.2, 0.25) is 0 Å². The Morgan fingerprint density at radius 2 is 1.50 bits per heavy atom. The van der Waals surface area contributed by atoms with E-state index < -0.39 is 7.69 Å². The summed E-state index contributed by atoms with van der Waals surface area (Å²) >= 11 is 3.79. The monoisotopic (exact) mass is 150 g/mol. The van der Waals surface area contributed by atoms with Gasteiger partial charge in [-0.25, -0.2) is 0 Å². The van der Waals surface area contributed by atoms with Crippen LogP contribution in [0.4, 0.5) is 0 Å². The van der Waals surface area contributed by atoms with Crippen molar-refractivity contribution in [3.8, 4) is 0 Å². The molecular weight excluding hydrogens is 138 g/mol. The van der Waals surface area contributed by atoms with E-state index in [1.54, 1.807) is 0 Å². The van der Waals surface area contributed by atoms with Crippen LogP contribution in [0.1, 0.15) is 6.92 Å². The molecule has 0 atom stereocenters. The van der Waals surface area contributed by atoms with E-state index in [2.05, 4.69) is 12.6 Å². The Kier molecular flexibility index (Phi) is 116. The third kappa shape index (κ3) is 172. The Hall–Kier alpha value is 1.29. The van der Waals surface area contributed by atoms with E-state index >= 15 is 0 Å². The minimum absolute atomic E-state index is 0. The molecule has 0 aliphatic heterocycles. The standard InChI is InChI=1S/C2H6S.BH3O2.Na.H2O.H/c1-2-3;2-1-3;;;/h3H,2H2,1H3;1-3H;;1H2;. The van der Waals surface area contributed by atoms with Gasteiger partial charge in [0, 0.05) is 0 Å². The summed E-state index contributed by atoms with van der Waals surface area (Å²) < 4.78 is 0. The zero-order valence-corrected chi connectivity index (χ0v) is 5.15. The number of rotatable bonds is 0. The third-order valence-corrected chi connectivity index (χ3v) is 0. The van der Waals surface area contributed by atoms with E-state index in [-0.39, 0.29) is 35.0 Å². The van der Waals surface area contributed by atoms with Crippen LogP contribution in [0.5, 0.6) is 0 Å². The van der Waals surface area contributed by atoms with Crippen LogP contribution in [0.25, 0.3) is 0 Å². The van der Waals surface area contributed by atoms with Gasteiger partial charge in [0.05, 0.1) is 0 Å². The maximum absolute atomic E-state index is 7.12. The zero-order chi connectivity index (χ0) is 5.41. The normalized spacial score (nSPS) is 4.00. The Morgan fingerprint density at radius 1 is 1.50 bits per heavy atom. The topological polar surface area (TPSA) is 72.0 Å². The minimum atomic E-state index is -0.750. The van der Waals surface area contributed by atoms with Crippen LogP contribution in [0.3, 0.4) is 0 Å². The van der Waals surface area contributed by atoms with Crippen LogP contribution in [-0.2, 0) is 0 Å². The number of hydrogen-bond acceptors (Lipinski definition) is 3. The molecule has 6 heteroatoms. The summed E-state index contributed by atoms with van der Waals surface area (Å²) in [5.74, 6) is 0.944. The van der Waals surface area contributed by atoms with Gasteiger partial charge in [-0.2, -0.15) is 12.6 Å². The second-order valence-corrected chi connectivity index (χ2v) is 1.09. The molecule has 0 spiro atoms. The second-order valence-electron chi connectivity index (χ2n) is 0.458. The molecule has 0 saturated heterocycles. The van der Waals surface area contributed by atoms with Gasteiger partial charge in [-0.1, -0.05) is 6.92 Å². The van der Waals surface area contributed by atoms with Crippen LogP contribution in [0.2, 0.25) is 0 Å². The van der Waals surface area contributed by atoms with Gasteiger partial charge in [-0.15, -0.1) is 0 Å². The van der Waals surface area contributed by atoms with Gasteiger partial charge >= 0.3 is 37.2 Å². The van der Waals surface area contributed by atoms with Crippen molar-refractivity contribution in [2.24, 2.45) is 0 Å². The van der Waals surface area contributed by atoms with E-state index in [4.69, 9.17) is 10.0 Å². The molecule has 0 aromatic rings. The fourth-order valence-electron chi connectivity index (χ4n) is 0. The molecular formula is C2H12BNaO3S. The van der Waals surface area contributed by atoms with Crippen LogP contribution in [-0.4, -0.2) is 58.5 Å². The van der Waals surface area contributed by atoms with E-state index in [1.807, 2.05) is 6.92 Å². The molecule has 0 unspecified atom stereocenters. The summed E-state index contributed by atoms with van der Waals surface area (Å²) in [6.45, 7) is 1.99. The summed E-state index contributed by atoms with van der Waals surface area (Å²) in [5, 5.41) is 14.2. The molecule has 0 bridgehead atoms. The Balaban J connectivity index is -0.0000000160. The maximum atomic E-state index is 7.12. The average molecular weight is 150 g/mol. The van der Waals surface area contributed by atoms with Crippen molar-refractivity contribution in [2.75, 3.05) is 5.75 Å². The van der Waals surface area contributed by atoms with Gasteiger partial charge in [-0.3, -0.25) is 0 Å². The summed E-state index contributed by atoms with van der Waals surface area (Å²) in [7, 11) is -0.750. The Labute approximate surface area is 77.8 Å². The molecule has 3 nitrogen and oxygen atoms in total. The van der Waals surface area contributed by atoms with Crippen LogP contribution >= 0.6 is 12.6 Å². The zero-order valence-electron chi connectivity index (χ0n) is 4.26. The molecule has 0 aliphatic carbocycles. The molecule has 8 heavy (non-hydrogen) atoms. The van der Waals surface area contributed by atoms with Crippen molar-refractivity contribution in [2.45, 2.75) is 6.92 Å². The first kappa shape index (κ1) is 22.8. The molecule has 0 rings (SSSR count). The molecule has 0 aliphatic rings. The molecule has 0 aromatic carbocycles. The van der Waals surface area contributed by atoms with Gasteiger partial charge in [-0.05, 0) is 5.75 Å². The first-order valence-electron chi connectivity index (χ1n) is 1.66. The molecule has 0 fully saturated rings. The van der Waals surface area contributed by atoms with Crippen LogP contribution in [0.15, 0.2) is 0 Å². The molecule has 0 saturated carbocycles.